The molecule has 16 heavy (non-hydrogen) atoms. The predicted octanol–water partition coefficient (Wildman–Crippen LogP) is 3.45. The molecular weight excluding hydrogens is 207 g/mol. The van der Waals surface area contributed by atoms with Gasteiger partial charge < -0.3 is 4.74 Å². The monoisotopic (exact) mass is 224 g/mol. The van der Waals surface area contributed by atoms with Gasteiger partial charge in [-0.15, -0.1) is 0 Å². The lowest BCUT2D eigenvalue weighted by atomic mass is 9.95. The third-order valence-electron chi connectivity index (χ3n) is 2.61. The molecule has 1 atom stereocenters. The number of methoxy groups -OCH3 is 1. The summed E-state index contributed by atoms with van der Waals surface area (Å²) >= 11 is 0. The maximum atomic E-state index is 13.4. The summed E-state index contributed by atoms with van der Waals surface area (Å²) in [6.07, 6.45) is 1.74. The summed E-state index contributed by atoms with van der Waals surface area (Å²) in [7, 11) is 1.37. The molecule has 2 nitrogen and oxygen atoms in total. The topological polar surface area (TPSA) is 26.3 Å². The Labute approximate surface area is 95.4 Å². The van der Waals surface area contributed by atoms with E-state index in [1.165, 1.54) is 19.2 Å². The molecule has 0 fully saturated rings. The summed E-state index contributed by atoms with van der Waals surface area (Å²) in [5.41, 5.74) is 0.337. The molecule has 1 aromatic carbocycles. The molecule has 0 saturated carbocycles. The van der Waals surface area contributed by atoms with E-state index in [4.69, 9.17) is 4.74 Å². The molecule has 0 heterocycles. The lowest BCUT2D eigenvalue weighted by Crippen LogP contribution is -2.13. The molecule has 3 heteroatoms. The van der Waals surface area contributed by atoms with Gasteiger partial charge in [0.25, 0.3) is 0 Å². The van der Waals surface area contributed by atoms with Gasteiger partial charge in [0.1, 0.15) is 0 Å². The SMILES string of the molecule is CCCC(C)C(=O)c1cccc(F)c1OC. The van der Waals surface area contributed by atoms with Gasteiger partial charge in [-0.1, -0.05) is 26.3 Å². The Morgan fingerprint density at radius 3 is 2.75 bits per heavy atom. The number of benzene rings is 1. The van der Waals surface area contributed by atoms with E-state index in [-0.39, 0.29) is 17.5 Å². The highest BCUT2D eigenvalue weighted by Crippen LogP contribution is 2.25. The van der Waals surface area contributed by atoms with Crippen molar-refractivity contribution in [3.05, 3.63) is 29.6 Å². The maximum absolute atomic E-state index is 13.4. The van der Waals surface area contributed by atoms with Crippen LogP contribution in [-0.2, 0) is 0 Å². The lowest BCUT2D eigenvalue weighted by Gasteiger charge is -2.12. The van der Waals surface area contributed by atoms with Crippen molar-refractivity contribution in [3.63, 3.8) is 0 Å². The third-order valence-corrected chi connectivity index (χ3v) is 2.61. The van der Waals surface area contributed by atoms with Crippen molar-refractivity contribution >= 4 is 5.78 Å². The Hall–Kier alpha value is -1.38. The third kappa shape index (κ3) is 2.60. The fourth-order valence-electron chi connectivity index (χ4n) is 1.74. The Morgan fingerprint density at radius 1 is 1.50 bits per heavy atom. The second-order valence-electron chi connectivity index (χ2n) is 3.87. The molecule has 1 unspecified atom stereocenters. The van der Waals surface area contributed by atoms with Gasteiger partial charge in [0.15, 0.2) is 17.3 Å². The van der Waals surface area contributed by atoms with Crippen LogP contribution in [0.15, 0.2) is 18.2 Å². The molecule has 0 aliphatic carbocycles. The molecule has 0 aliphatic heterocycles. The van der Waals surface area contributed by atoms with Crippen LogP contribution in [-0.4, -0.2) is 12.9 Å². The number of hydrogen-bond acceptors (Lipinski definition) is 2. The number of ether oxygens (including phenoxy) is 1. The first-order valence-electron chi connectivity index (χ1n) is 5.48. The van der Waals surface area contributed by atoms with Crippen LogP contribution < -0.4 is 4.74 Å². The van der Waals surface area contributed by atoms with Crippen molar-refractivity contribution < 1.29 is 13.9 Å². The number of para-hydroxylation sites is 1. The van der Waals surface area contributed by atoms with Gasteiger partial charge in [-0.05, 0) is 18.6 Å². The largest absolute Gasteiger partial charge is 0.493 e. The van der Waals surface area contributed by atoms with E-state index >= 15 is 0 Å². The van der Waals surface area contributed by atoms with Crippen LogP contribution in [0, 0.1) is 11.7 Å². The molecule has 0 N–H and O–H groups in total. The van der Waals surface area contributed by atoms with Crippen molar-refractivity contribution in [1.29, 1.82) is 0 Å². The molecule has 0 saturated heterocycles. The second kappa shape index (κ2) is 5.64. The molecule has 0 radical (unpaired) electrons. The van der Waals surface area contributed by atoms with Crippen LogP contribution >= 0.6 is 0 Å². The van der Waals surface area contributed by atoms with Crippen molar-refractivity contribution in [3.8, 4) is 5.75 Å². The summed E-state index contributed by atoms with van der Waals surface area (Å²) < 4.78 is 18.3. The summed E-state index contributed by atoms with van der Waals surface area (Å²) in [4.78, 5) is 12.0. The van der Waals surface area contributed by atoms with Gasteiger partial charge in [0.05, 0.1) is 12.7 Å². The molecule has 0 spiro atoms. The second-order valence-corrected chi connectivity index (χ2v) is 3.87. The van der Waals surface area contributed by atoms with E-state index in [1.54, 1.807) is 6.07 Å². The Morgan fingerprint density at radius 2 is 2.19 bits per heavy atom. The lowest BCUT2D eigenvalue weighted by molar-refractivity contribution is 0.0919. The summed E-state index contributed by atoms with van der Waals surface area (Å²) in [5.74, 6) is -0.591. The minimum Gasteiger partial charge on any atom is -0.493 e. The molecule has 0 aliphatic rings. The van der Waals surface area contributed by atoms with E-state index in [0.29, 0.717) is 5.56 Å². The Balaban J connectivity index is 3.03. The van der Waals surface area contributed by atoms with Gasteiger partial charge in [0, 0.05) is 5.92 Å². The normalized spacial score (nSPS) is 12.2. The number of Topliss-reactive ketones (excluding diaryl/α,β-unsaturated/α-hetero) is 1. The molecular formula is C13H17FO2. The highest BCUT2D eigenvalue weighted by Gasteiger charge is 2.20. The van der Waals surface area contributed by atoms with Crippen molar-refractivity contribution in [2.45, 2.75) is 26.7 Å². The van der Waals surface area contributed by atoms with Crippen LogP contribution in [0.5, 0.6) is 5.75 Å². The zero-order chi connectivity index (χ0) is 12.1. The first kappa shape index (κ1) is 12.7. The van der Waals surface area contributed by atoms with Crippen molar-refractivity contribution in [1.82, 2.24) is 0 Å². The van der Waals surface area contributed by atoms with E-state index < -0.39 is 5.82 Å². The maximum Gasteiger partial charge on any atom is 0.169 e. The molecule has 0 aromatic heterocycles. The van der Waals surface area contributed by atoms with Gasteiger partial charge >= 0.3 is 0 Å². The number of rotatable bonds is 5. The highest BCUT2D eigenvalue weighted by molar-refractivity contribution is 6.00. The van der Waals surface area contributed by atoms with E-state index in [1.807, 2.05) is 13.8 Å². The minimum absolute atomic E-state index is 0.0513. The zero-order valence-corrected chi connectivity index (χ0v) is 9.92. The summed E-state index contributed by atoms with van der Waals surface area (Å²) in [6, 6.07) is 4.43. The summed E-state index contributed by atoms with van der Waals surface area (Å²) in [6.45, 7) is 3.88. The van der Waals surface area contributed by atoms with Gasteiger partial charge in [-0.25, -0.2) is 4.39 Å². The van der Waals surface area contributed by atoms with Crippen molar-refractivity contribution in [2.24, 2.45) is 5.92 Å². The Kier molecular flexibility index (Phi) is 4.47. The fourth-order valence-corrected chi connectivity index (χ4v) is 1.74. The van der Waals surface area contributed by atoms with E-state index in [0.717, 1.165) is 12.8 Å². The first-order chi connectivity index (χ1) is 7.61. The van der Waals surface area contributed by atoms with Gasteiger partial charge in [-0.3, -0.25) is 4.79 Å². The van der Waals surface area contributed by atoms with Gasteiger partial charge in [-0.2, -0.15) is 0 Å². The fraction of sp³-hybridized carbons (Fsp3) is 0.462. The van der Waals surface area contributed by atoms with Crippen LogP contribution in [0.1, 0.15) is 37.0 Å². The minimum atomic E-state index is -0.489. The summed E-state index contributed by atoms with van der Waals surface area (Å²) in [5, 5.41) is 0. The number of ketones is 1. The standard InChI is InChI=1S/C13H17FO2/c1-4-6-9(2)12(15)10-7-5-8-11(14)13(10)16-3/h5,7-9H,4,6H2,1-3H3. The van der Waals surface area contributed by atoms with Crippen LogP contribution in [0.2, 0.25) is 0 Å². The zero-order valence-electron chi connectivity index (χ0n) is 9.92. The molecule has 1 aromatic rings. The number of hydrogen-bond donors (Lipinski definition) is 0. The van der Waals surface area contributed by atoms with Crippen LogP contribution in [0.25, 0.3) is 0 Å². The van der Waals surface area contributed by atoms with E-state index in [2.05, 4.69) is 0 Å². The van der Waals surface area contributed by atoms with Crippen molar-refractivity contribution in [2.75, 3.05) is 7.11 Å². The first-order valence-corrected chi connectivity index (χ1v) is 5.48. The number of carbonyl (C=O) groups excluding carboxylic acids is 1. The molecule has 0 bridgehead atoms. The highest BCUT2D eigenvalue weighted by atomic mass is 19.1. The molecule has 88 valence electrons. The van der Waals surface area contributed by atoms with E-state index in [9.17, 15) is 9.18 Å². The quantitative estimate of drug-likeness (QED) is 0.716. The number of halogens is 1. The molecule has 1 rings (SSSR count). The molecule has 0 amide bonds. The smallest absolute Gasteiger partial charge is 0.169 e. The van der Waals surface area contributed by atoms with Gasteiger partial charge in [0.2, 0.25) is 0 Å². The Bertz CT molecular complexity index is 374. The predicted molar refractivity (Wildman–Crippen MR) is 61.4 cm³/mol. The van der Waals surface area contributed by atoms with Crippen LogP contribution in [0.3, 0.4) is 0 Å². The average Bonchev–Trinajstić information content (AvgIpc) is 2.28. The van der Waals surface area contributed by atoms with Crippen LogP contribution in [0.4, 0.5) is 4.39 Å². The average molecular weight is 224 g/mol. The number of carbonyl (C=O) groups is 1.